The molecule has 1 aliphatic rings. The maximum absolute atomic E-state index is 14.7. The molecule has 0 aromatic heterocycles. The van der Waals surface area contributed by atoms with Crippen molar-refractivity contribution >= 4 is 0 Å². The van der Waals surface area contributed by atoms with E-state index in [1.807, 2.05) is 25.2 Å². The van der Waals surface area contributed by atoms with Gasteiger partial charge < -0.3 is 0 Å². The van der Waals surface area contributed by atoms with Crippen molar-refractivity contribution in [1.82, 2.24) is 0 Å². The maximum Gasteiger partial charge on any atom is 0.129 e. The van der Waals surface area contributed by atoms with Crippen LogP contribution in [0.15, 0.2) is 55.1 Å². The minimum Gasteiger partial charge on any atom is -0.207 e. The Morgan fingerprint density at radius 3 is 2.44 bits per heavy atom. The van der Waals surface area contributed by atoms with Gasteiger partial charge in [0.2, 0.25) is 0 Å². The third kappa shape index (κ3) is 4.74. The van der Waals surface area contributed by atoms with E-state index in [1.54, 1.807) is 0 Å². The zero-order valence-corrected chi connectivity index (χ0v) is 16.1. The molecule has 0 aliphatic heterocycles. The molecule has 0 heterocycles. The minimum absolute atomic E-state index is 0.0823. The summed E-state index contributed by atoms with van der Waals surface area (Å²) in [5.74, 6) is -0.857. The van der Waals surface area contributed by atoms with Gasteiger partial charge >= 0.3 is 0 Å². The number of benzene rings is 2. The van der Waals surface area contributed by atoms with Crippen molar-refractivity contribution in [3.05, 3.63) is 94.6 Å². The average molecular weight is 366 g/mol. The maximum atomic E-state index is 14.7. The molecule has 0 fully saturated rings. The van der Waals surface area contributed by atoms with Gasteiger partial charge in [-0.15, -0.1) is 6.58 Å². The van der Waals surface area contributed by atoms with Crippen LogP contribution in [0.1, 0.15) is 59.9 Å². The Balaban J connectivity index is 1.77. The van der Waals surface area contributed by atoms with Gasteiger partial charge in [-0.25, -0.2) is 8.78 Å². The molecule has 3 rings (SSSR count). The Morgan fingerprint density at radius 2 is 1.74 bits per heavy atom. The number of hydrogen-bond acceptors (Lipinski definition) is 0. The van der Waals surface area contributed by atoms with Crippen LogP contribution in [0.4, 0.5) is 8.78 Å². The molecule has 0 N–H and O–H groups in total. The van der Waals surface area contributed by atoms with Crippen LogP contribution in [0.2, 0.25) is 0 Å². The quantitative estimate of drug-likeness (QED) is 0.469. The lowest BCUT2D eigenvalue weighted by Gasteiger charge is -2.26. The van der Waals surface area contributed by atoms with E-state index in [0.717, 1.165) is 37.7 Å². The highest BCUT2D eigenvalue weighted by Crippen LogP contribution is 2.36. The summed E-state index contributed by atoms with van der Waals surface area (Å²) in [7, 11) is 0. The molecule has 0 nitrogen and oxygen atoms in total. The smallest absolute Gasteiger partial charge is 0.129 e. The zero-order chi connectivity index (χ0) is 19.2. The van der Waals surface area contributed by atoms with Gasteiger partial charge in [0.05, 0.1) is 0 Å². The van der Waals surface area contributed by atoms with Crippen LogP contribution in [-0.4, -0.2) is 0 Å². The predicted octanol–water partition coefficient (Wildman–Crippen LogP) is 6.86. The minimum atomic E-state index is -0.387. The molecule has 2 aromatic carbocycles. The first-order chi connectivity index (χ1) is 13.1. The highest BCUT2D eigenvalue weighted by atomic mass is 19.1. The van der Waals surface area contributed by atoms with Gasteiger partial charge in [0.25, 0.3) is 0 Å². The number of fused-ring (bicyclic) bond motifs is 1. The standard InChI is InChI=1S/C25H28F2/c1-3-5-7-9-19-15-23(26)25(24(27)16-19)22-13-12-20-14-18(8-6-4-2)10-11-21(20)17-22/h3-5,10-11,14-16,22H,2,6-9,12-13,17H2,1H3/b5-3+. The molecule has 2 heteroatoms. The molecule has 1 atom stereocenters. The van der Waals surface area contributed by atoms with E-state index in [1.165, 1.54) is 28.8 Å². The third-order valence-electron chi connectivity index (χ3n) is 5.52. The van der Waals surface area contributed by atoms with E-state index in [0.29, 0.717) is 12.8 Å². The van der Waals surface area contributed by atoms with Crippen molar-refractivity contribution in [2.75, 3.05) is 0 Å². The van der Waals surface area contributed by atoms with Gasteiger partial charge in [-0.05, 0) is 92.2 Å². The third-order valence-corrected chi connectivity index (χ3v) is 5.52. The average Bonchev–Trinajstić information content (AvgIpc) is 2.66. The molecular formula is C25H28F2. The van der Waals surface area contributed by atoms with Crippen LogP contribution >= 0.6 is 0 Å². The van der Waals surface area contributed by atoms with E-state index >= 15 is 0 Å². The number of hydrogen-bond donors (Lipinski definition) is 0. The van der Waals surface area contributed by atoms with Crippen molar-refractivity contribution in [3.8, 4) is 0 Å². The van der Waals surface area contributed by atoms with Gasteiger partial charge in [-0.3, -0.25) is 0 Å². The summed E-state index contributed by atoms with van der Waals surface area (Å²) in [6.45, 7) is 5.73. The van der Waals surface area contributed by atoms with Gasteiger partial charge in [-0.2, -0.15) is 0 Å². The molecule has 0 amide bonds. The van der Waals surface area contributed by atoms with Gasteiger partial charge in [0, 0.05) is 5.56 Å². The second-order valence-electron chi connectivity index (χ2n) is 7.45. The Bertz CT molecular complexity index is 809. The summed E-state index contributed by atoms with van der Waals surface area (Å²) in [5, 5.41) is 0. The van der Waals surface area contributed by atoms with Crippen LogP contribution in [0.3, 0.4) is 0 Å². The molecule has 142 valence electrons. The molecule has 1 aliphatic carbocycles. The first kappa shape index (κ1) is 19.5. The number of aryl methyl sites for hydroxylation is 3. The lowest BCUT2D eigenvalue weighted by atomic mass is 9.79. The van der Waals surface area contributed by atoms with E-state index in [9.17, 15) is 8.78 Å². The normalized spacial score (nSPS) is 16.5. The van der Waals surface area contributed by atoms with Gasteiger partial charge in [0.1, 0.15) is 11.6 Å². The van der Waals surface area contributed by atoms with Crippen molar-refractivity contribution < 1.29 is 8.78 Å². The summed E-state index contributed by atoms with van der Waals surface area (Å²) in [6.07, 6.45) is 11.7. The molecule has 0 saturated carbocycles. The summed E-state index contributed by atoms with van der Waals surface area (Å²) < 4.78 is 29.4. The zero-order valence-electron chi connectivity index (χ0n) is 16.1. The number of rotatable bonds is 7. The molecule has 0 saturated heterocycles. The fourth-order valence-electron chi connectivity index (χ4n) is 4.07. The van der Waals surface area contributed by atoms with Crippen LogP contribution in [0.25, 0.3) is 0 Å². The monoisotopic (exact) mass is 366 g/mol. The molecule has 2 aromatic rings. The molecule has 0 bridgehead atoms. The Labute approximate surface area is 161 Å². The highest BCUT2D eigenvalue weighted by molar-refractivity contribution is 5.38. The summed E-state index contributed by atoms with van der Waals surface area (Å²) >= 11 is 0. The van der Waals surface area contributed by atoms with E-state index in [2.05, 4.69) is 24.8 Å². The Hall–Kier alpha value is -2.22. The first-order valence-corrected chi connectivity index (χ1v) is 9.93. The summed E-state index contributed by atoms with van der Waals surface area (Å²) in [6, 6.07) is 9.58. The fraction of sp³-hybridized carbons (Fsp3) is 0.360. The summed E-state index contributed by atoms with van der Waals surface area (Å²) in [4.78, 5) is 0. The molecule has 27 heavy (non-hydrogen) atoms. The lowest BCUT2D eigenvalue weighted by molar-refractivity contribution is 0.489. The molecular weight excluding hydrogens is 338 g/mol. The van der Waals surface area contributed by atoms with Crippen LogP contribution in [0, 0.1) is 11.6 Å². The van der Waals surface area contributed by atoms with E-state index < -0.39 is 0 Å². The second kappa shape index (κ2) is 9.12. The van der Waals surface area contributed by atoms with Crippen molar-refractivity contribution in [2.45, 2.75) is 57.8 Å². The van der Waals surface area contributed by atoms with Crippen molar-refractivity contribution in [1.29, 1.82) is 0 Å². The molecule has 1 unspecified atom stereocenters. The van der Waals surface area contributed by atoms with E-state index in [-0.39, 0.29) is 23.1 Å². The predicted molar refractivity (Wildman–Crippen MR) is 109 cm³/mol. The van der Waals surface area contributed by atoms with Crippen LogP contribution in [0.5, 0.6) is 0 Å². The SMILES string of the molecule is C=CCCc1ccc2c(c1)CCC(c1c(F)cc(CC/C=C/C)cc1F)C2. The summed E-state index contributed by atoms with van der Waals surface area (Å²) in [5.41, 5.74) is 4.87. The van der Waals surface area contributed by atoms with Crippen LogP contribution in [-0.2, 0) is 25.7 Å². The van der Waals surface area contributed by atoms with Crippen molar-refractivity contribution in [3.63, 3.8) is 0 Å². The van der Waals surface area contributed by atoms with Gasteiger partial charge in [0.15, 0.2) is 0 Å². The van der Waals surface area contributed by atoms with E-state index in [4.69, 9.17) is 0 Å². The lowest BCUT2D eigenvalue weighted by Crippen LogP contribution is -2.16. The van der Waals surface area contributed by atoms with Crippen LogP contribution < -0.4 is 0 Å². The molecule has 0 radical (unpaired) electrons. The number of allylic oxidation sites excluding steroid dienone is 3. The Morgan fingerprint density at radius 1 is 1.00 bits per heavy atom. The highest BCUT2D eigenvalue weighted by Gasteiger charge is 2.26. The topological polar surface area (TPSA) is 0 Å². The van der Waals surface area contributed by atoms with Gasteiger partial charge in [-0.1, -0.05) is 36.4 Å². The van der Waals surface area contributed by atoms with Crippen molar-refractivity contribution in [2.24, 2.45) is 0 Å². The fourth-order valence-corrected chi connectivity index (χ4v) is 4.07. The largest absolute Gasteiger partial charge is 0.207 e. The first-order valence-electron chi connectivity index (χ1n) is 9.93. The Kier molecular flexibility index (Phi) is 6.60. The molecule has 0 spiro atoms. The number of halogens is 2. The second-order valence-corrected chi connectivity index (χ2v) is 7.45.